The maximum atomic E-state index is 11.9. The van der Waals surface area contributed by atoms with E-state index >= 15 is 0 Å². The third-order valence-electron chi connectivity index (χ3n) is 7.34. The van der Waals surface area contributed by atoms with E-state index in [1.165, 1.54) is 6.21 Å². The number of aromatic amines is 1. The number of aliphatic hydroxyl groups is 1. The lowest BCUT2D eigenvalue weighted by atomic mass is 9.74. The molecule has 3 fully saturated rings. The van der Waals surface area contributed by atoms with Crippen molar-refractivity contribution in [3.05, 3.63) is 29.5 Å². The molecule has 1 aliphatic carbocycles. The normalized spacial score (nSPS) is 28.9. The lowest BCUT2D eigenvalue weighted by molar-refractivity contribution is -0.00805. The summed E-state index contributed by atoms with van der Waals surface area (Å²) in [5, 5.41) is 30.3. The Bertz CT molecular complexity index is 1080. The third kappa shape index (κ3) is 5.20. The summed E-state index contributed by atoms with van der Waals surface area (Å²) in [6, 6.07) is 3.95. The van der Waals surface area contributed by atoms with Gasteiger partial charge in [-0.3, -0.25) is 5.10 Å². The molecule has 4 N–H and O–H groups in total. The van der Waals surface area contributed by atoms with Gasteiger partial charge in [-0.1, -0.05) is 11.8 Å². The molecule has 186 valence electrons. The smallest absolute Gasteiger partial charge is 0.143 e. The number of H-pyrrole nitrogens is 1. The van der Waals surface area contributed by atoms with Crippen LogP contribution in [0.25, 0.3) is 0 Å². The summed E-state index contributed by atoms with van der Waals surface area (Å²) in [7, 11) is 0. The molecule has 0 aromatic carbocycles. The van der Waals surface area contributed by atoms with E-state index in [0.29, 0.717) is 49.2 Å². The number of hydrogen-bond donors (Lipinski definition) is 4. The number of rotatable bonds is 5. The Hall–Kier alpha value is -2.93. The monoisotopic (exact) mass is 478 g/mol. The van der Waals surface area contributed by atoms with E-state index in [1.807, 2.05) is 12.1 Å². The van der Waals surface area contributed by atoms with Crippen molar-refractivity contribution in [2.45, 2.75) is 50.7 Å². The summed E-state index contributed by atoms with van der Waals surface area (Å²) in [6.07, 6.45) is 6.80. The molecule has 2 aromatic rings. The van der Waals surface area contributed by atoms with Crippen LogP contribution in [0.3, 0.4) is 0 Å². The Morgan fingerprint density at radius 3 is 2.69 bits per heavy atom. The summed E-state index contributed by atoms with van der Waals surface area (Å²) in [5.74, 6) is 9.45. The molecule has 35 heavy (non-hydrogen) atoms. The second-order valence-corrected chi connectivity index (χ2v) is 9.80. The lowest BCUT2D eigenvalue weighted by Gasteiger charge is -2.38. The minimum atomic E-state index is -1.04. The molecular formula is C26H34N6O3. The fourth-order valence-electron chi connectivity index (χ4n) is 5.23. The van der Waals surface area contributed by atoms with E-state index in [1.54, 1.807) is 6.20 Å². The fourth-order valence-corrected chi connectivity index (χ4v) is 5.23. The first-order valence-corrected chi connectivity index (χ1v) is 12.5. The van der Waals surface area contributed by atoms with Gasteiger partial charge in [-0.05, 0) is 50.7 Å². The zero-order valence-corrected chi connectivity index (χ0v) is 20.2. The number of nitrogens with zero attached hydrogens (tertiary/aromatic N) is 3. The molecule has 0 amide bonds. The van der Waals surface area contributed by atoms with Crippen LogP contribution in [0.4, 0.5) is 17.5 Å². The van der Waals surface area contributed by atoms with Gasteiger partial charge in [0.15, 0.2) is 0 Å². The summed E-state index contributed by atoms with van der Waals surface area (Å²) >= 11 is 0. The van der Waals surface area contributed by atoms with Crippen LogP contribution in [0.15, 0.2) is 18.3 Å². The minimum absolute atomic E-state index is 0.162. The van der Waals surface area contributed by atoms with Crippen molar-refractivity contribution in [2.75, 3.05) is 43.2 Å². The fraction of sp³-hybridized carbons (Fsp3) is 0.577. The van der Waals surface area contributed by atoms with Crippen molar-refractivity contribution in [3.63, 3.8) is 0 Å². The van der Waals surface area contributed by atoms with Gasteiger partial charge in [-0.15, -0.1) is 0 Å². The average molecular weight is 479 g/mol. The molecule has 4 heterocycles. The molecule has 2 saturated heterocycles. The molecule has 3 aliphatic rings. The van der Waals surface area contributed by atoms with Gasteiger partial charge in [0.25, 0.3) is 0 Å². The quantitative estimate of drug-likeness (QED) is 0.385. The maximum Gasteiger partial charge on any atom is 0.143 e. The zero-order chi connectivity index (χ0) is 24.3. The van der Waals surface area contributed by atoms with Gasteiger partial charge in [0.2, 0.25) is 0 Å². The predicted molar refractivity (Wildman–Crippen MR) is 134 cm³/mol. The van der Waals surface area contributed by atoms with Crippen molar-refractivity contribution >= 4 is 23.7 Å². The Kier molecular flexibility index (Phi) is 7.04. The molecule has 2 atom stereocenters. The average Bonchev–Trinajstić information content (AvgIpc) is 3.58. The van der Waals surface area contributed by atoms with Gasteiger partial charge in [-0.25, -0.2) is 4.98 Å². The second-order valence-electron chi connectivity index (χ2n) is 9.80. The number of morpholine rings is 1. The molecule has 1 saturated carbocycles. The molecule has 9 heteroatoms. The SMILES string of the molecule is C[C@@H]1COCCN1c1cc(C2(O)CCC(C#CC3CCOC3)CC2)c(C=N)c(Nc2ccn[nH]2)n1. The van der Waals surface area contributed by atoms with Crippen LogP contribution in [0, 0.1) is 29.1 Å². The van der Waals surface area contributed by atoms with E-state index in [9.17, 15) is 5.11 Å². The number of anilines is 3. The first kappa shape index (κ1) is 23.8. The Balaban J connectivity index is 1.45. The summed E-state index contributed by atoms with van der Waals surface area (Å²) in [4.78, 5) is 7.09. The van der Waals surface area contributed by atoms with Crippen LogP contribution >= 0.6 is 0 Å². The minimum Gasteiger partial charge on any atom is -0.385 e. The first-order chi connectivity index (χ1) is 17.1. The molecule has 2 aliphatic heterocycles. The molecule has 5 rings (SSSR count). The molecule has 9 nitrogen and oxygen atoms in total. The number of hydrogen-bond acceptors (Lipinski definition) is 8. The Morgan fingerprint density at radius 1 is 1.20 bits per heavy atom. The number of nitrogens with one attached hydrogen (secondary N) is 3. The predicted octanol–water partition coefficient (Wildman–Crippen LogP) is 3.19. The van der Waals surface area contributed by atoms with Crippen LogP contribution in [0.1, 0.15) is 50.2 Å². The Labute approximate surface area is 206 Å². The van der Waals surface area contributed by atoms with E-state index in [0.717, 1.165) is 50.4 Å². The van der Waals surface area contributed by atoms with Crippen LogP contribution in [0.5, 0.6) is 0 Å². The second kappa shape index (κ2) is 10.4. The Morgan fingerprint density at radius 2 is 2.00 bits per heavy atom. The van der Waals surface area contributed by atoms with Gasteiger partial charge in [0.05, 0.1) is 37.7 Å². The molecule has 2 aromatic heterocycles. The number of pyridine rings is 1. The summed E-state index contributed by atoms with van der Waals surface area (Å²) in [6.45, 7) is 5.63. The van der Waals surface area contributed by atoms with Crippen LogP contribution in [-0.2, 0) is 15.1 Å². The lowest BCUT2D eigenvalue weighted by Crippen LogP contribution is -2.44. The van der Waals surface area contributed by atoms with Crippen LogP contribution in [-0.4, -0.2) is 65.5 Å². The van der Waals surface area contributed by atoms with Crippen LogP contribution in [0.2, 0.25) is 0 Å². The highest BCUT2D eigenvalue weighted by molar-refractivity contribution is 5.89. The summed E-state index contributed by atoms with van der Waals surface area (Å²) in [5.41, 5.74) is 0.298. The van der Waals surface area contributed by atoms with E-state index in [2.05, 4.69) is 39.2 Å². The molecule has 0 spiro atoms. The van der Waals surface area contributed by atoms with Crippen LogP contribution < -0.4 is 10.2 Å². The van der Waals surface area contributed by atoms with Gasteiger partial charge >= 0.3 is 0 Å². The van der Waals surface area contributed by atoms with Crippen molar-refractivity contribution in [3.8, 4) is 11.8 Å². The zero-order valence-electron chi connectivity index (χ0n) is 20.2. The largest absolute Gasteiger partial charge is 0.385 e. The molecule has 0 bridgehead atoms. The van der Waals surface area contributed by atoms with Gasteiger partial charge in [0, 0.05) is 42.8 Å². The van der Waals surface area contributed by atoms with Gasteiger partial charge < -0.3 is 30.2 Å². The topological polar surface area (TPSA) is 119 Å². The number of ether oxygens (including phenoxy) is 2. The molecule has 1 unspecified atom stereocenters. The van der Waals surface area contributed by atoms with Crippen molar-refractivity contribution in [2.24, 2.45) is 11.8 Å². The van der Waals surface area contributed by atoms with E-state index < -0.39 is 5.60 Å². The van der Waals surface area contributed by atoms with Crippen molar-refractivity contribution in [1.82, 2.24) is 15.2 Å². The van der Waals surface area contributed by atoms with Crippen molar-refractivity contribution < 1.29 is 14.6 Å². The highest BCUT2D eigenvalue weighted by atomic mass is 16.5. The van der Waals surface area contributed by atoms with E-state index in [-0.39, 0.29) is 12.0 Å². The van der Waals surface area contributed by atoms with Gasteiger partial charge in [-0.2, -0.15) is 5.10 Å². The molecular weight excluding hydrogens is 444 g/mol. The first-order valence-electron chi connectivity index (χ1n) is 12.5. The number of aromatic nitrogens is 3. The standard InChI is InChI=1S/C26H34N6O3/c1-18-16-35-13-11-32(18)24-14-22(21(15-27)25(30-24)29-23-6-10-28-31-23)26(33)8-4-19(5-9-26)2-3-20-7-12-34-17-20/h6,10,14-15,18-20,27,33H,4-5,7-9,11-13,16-17H2,1H3,(H2,28,29,30,31)/t18-,19?,20?,26?/m1/s1. The molecule has 0 radical (unpaired) electrons. The highest BCUT2D eigenvalue weighted by Gasteiger charge is 2.38. The summed E-state index contributed by atoms with van der Waals surface area (Å²) < 4.78 is 11.1. The van der Waals surface area contributed by atoms with E-state index in [4.69, 9.17) is 19.9 Å². The highest BCUT2D eigenvalue weighted by Crippen LogP contribution is 2.43. The van der Waals surface area contributed by atoms with Crippen molar-refractivity contribution in [1.29, 1.82) is 5.41 Å². The van der Waals surface area contributed by atoms with Gasteiger partial charge in [0.1, 0.15) is 17.5 Å². The third-order valence-corrected chi connectivity index (χ3v) is 7.34. The maximum absolute atomic E-state index is 11.9.